The highest BCUT2D eigenvalue weighted by Gasteiger charge is 2.24. The van der Waals surface area contributed by atoms with E-state index in [2.05, 4.69) is 47.8 Å². The number of amides is 1. The average Bonchev–Trinajstić information content (AvgIpc) is 2.95. The van der Waals surface area contributed by atoms with Crippen molar-refractivity contribution in [1.82, 2.24) is 25.0 Å². The van der Waals surface area contributed by atoms with Crippen LogP contribution in [0, 0.1) is 11.8 Å². The summed E-state index contributed by atoms with van der Waals surface area (Å²) in [6.07, 6.45) is 4.62. The second-order valence-electron chi connectivity index (χ2n) is 6.01. The van der Waals surface area contributed by atoms with Crippen LogP contribution >= 0.6 is 0 Å². The predicted molar refractivity (Wildman–Crippen MR) is 80.9 cm³/mol. The third kappa shape index (κ3) is 4.09. The normalized spacial score (nSPS) is 11.2. The van der Waals surface area contributed by atoms with Gasteiger partial charge in [0.05, 0.1) is 6.20 Å². The molecular weight excluding hydrogens is 282 g/mol. The van der Waals surface area contributed by atoms with Crippen molar-refractivity contribution in [3.8, 4) is 11.5 Å². The van der Waals surface area contributed by atoms with Gasteiger partial charge in [-0.1, -0.05) is 32.9 Å². The van der Waals surface area contributed by atoms with Crippen LogP contribution in [0.25, 0.3) is 11.5 Å². The SMILES string of the molecule is CC(C)CN(CC(C)C)C(=O)c1nc(-c2cnccn2)no1. The Balaban J connectivity index is 2.18. The summed E-state index contributed by atoms with van der Waals surface area (Å²) in [5.74, 6) is 0.743. The molecule has 0 aliphatic rings. The van der Waals surface area contributed by atoms with Crippen molar-refractivity contribution in [3.63, 3.8) is 0 Å². The van der Waals surface area contributed by atoms with E-state index in [1.807, 2.05) is 0 Å². The van der Waals surface area contributed by atoms with Crippen molar-refractivity contribution in [3.05, 3.63) is 24.5 Å². The lowest BCUT2D eigenvalue weighted by molar-refractivity contribution is 0.0665. The first kappa shape index (κ1) is 16.1. The lowest BCUT2D eigenvalue weighted by Gasteiger charge is -2.24. The molecule has 0 bridgehead atoms. The Bertz CT molecular complexity index is 599. The molecule has 22 heavy (non-hydrogen) atoms. The molecule has 0 unspecified atom stereocenters. The maximum atomic E-state index is 12.6. The number of aromatic nitrogens is 4. The van der Waals surface area contributed by atoms with Gasteiger partial charge in [-0.2, -0.15) is 4.98 Å². The molecule has 0 saturated heterocycles. The molecule has 0 N–H and O–H groups in total. The minimum absolute atomic E-state index is 0.0121. The van der Waals surface area contributed by atoms with Gasteiger partial charge in [0.15, 0.2) is 0 Å². The first-order valence-electron chi connectivity index (χ1n) is 7.36. The lowest BCUT2D eigenvalue weighted by Crippen LogP contribution is -2.37. The van der Waals surface area contributed by atoms with E-state index in [9.17, 15) is 4.79 Å². The van der Waals surface area contributed by atoms with Crippen LogP contribution in [0.2, 0.25) is 0 Å². The molecule has 7 nitrogen and oxygen atoms in total. The third-order valence-electron chi connectivity index (χ3n) is 2.86. The van der Waals surface area contributed by atoms with E-state index >= 15 is 0 Å². The van der Waals surface area contributed by atoms with E-state index < -0.39 is 0 Å². The molecule has 1 amide bonds. The standard InChI is InChI=1S/C15H21N5O2/c1-10(2)8-20(9-11(3)4)15(21)14-18-13(19-22-14)12-7-16-5-6-17-12/h5-7,10-11H,8-9H2,1-4H3. The summed E-state index contributed by atoms with van der Waals surface area (Å²) < 4.78 is 5.10. The topological polar surface area (TPSA) is 85.0 Å². The fourth-order valence-electron chi connectivity index (χ4n) is 2.09. The lowest BCUT2D eigenvalue weighted by atomic mass is 10.1. The van der Waals surface area contributed by atoms with Crippen molar-refractivity contribution in [2.45, 2.75) is 27.7 Å². The van der Waals surface area contributed by atoms with Gasteiger partial charge in [0.1, 0.15) is 5.69 Å². The Morgan fingerprint density at radius 1 is 1.18 bits per heavy atom. The highest BCUT2D eigenvalue weighted by atomic mass is 16.5. The molecular formula is C15H21N5O2. The van der Waals surface area contributed by atoms with Crippen LogP contribution in [0.5, 0.6) is 0 Å². The van der Waals surface area contributed by atoms with E-state index in [1.54, 1.807) is 11.1 Å². The summed E-state index contributed by atoms with van der Waals surface area (Å²) in [6.45, 7) is 9.58. The Labute approximate surface area is 129 Å². The zero-order chi connectivity index (χ0) is 16.1. The van der Waals surface area contributed by atoms with Crippen LogP contribution in [0.4, 0.5) is 0 Å². The van der Waals surface area contributed by atoms with Crippen LogP contribution in [0.3, 0.4) is 0 Å². The molecule has 0 atom stereocenters. The molecule has 0 saturated carbocycles. The first-order chi connectivity index (χ1) is 10.5. The van der Waals surface area contributed by atoms with Crippen LogP contribution in [-0.4, -0.2) is 44.0 Å². The molecule has 0 aliphatic heterocycles. The monoisotopic (exact) mass is 303 g/mol. The first-order valence-corrected chi connectivity index (χ1v) is 7.36. The van der Waals surface area contributed by atoms with Gasteiger partial charge in [-0.3, -0.25) is 9.78 Å². The molecule has 2 heterocycles. The highest BCUT2D eigenvalue weighted by Crippen LogP contribution is 2.14. The number of hydrogen-bond acceptors (Lipinski definition) is 6. The van der Waals surface area contributed by atoms with E-state index in [0.29, 0.717) is 30.6 Å². The van der Waals surface area contributed by atoms with E-state index in [1.165, 1.54) is 12.4 Å². The summed E-state index contributed by atoms with van der Waals surface area (Å²) in [4.78, 5) is 26.5. The van der Waals surface area contributed by atoms with Crippen molar-refractivity contribution in [2.75, 3.05) is 13.1 Å². The van der Waals surface area contributed by atoms with Crippen LogP contribution in [-0.2, 0) is 0 Å². The maximum absolute atomic E-state index is 12.6. The average molecular weight is 303 g/mol. The van der Waals surface area contributed by atoms with Crippen LogP contribution in [0.15, 0.2) is 23.1 Å². The van der Waals surface area contributed by atoms with Crippen LogP contribution in [0.1, 0.15) is 38.4 Å². The van der Waals surface area contributed by atoms with Gasteiger partial charge in [0, 0.05) is 25.5 Å². The second kappa shape index (κ2) is 7.11. The Hall–Kier alpha value is -2.31. The zero-order valence-electron chi connectivity index (χ0n) is 13.4. The Kier molecular flexibility index (Phi) is 5.19. The quantitative estimate of drug-likeness (QED) is 0.814. The maximum Gasteiger partial charge on any atom is 0.316 e. The molecule has 2 aromatic rings. The smallest absolute Gasteiger partial charge is 0.316 e. The fraction of sp³-hybridized carbons (Fsp3) is 0.533. The number of rotatable bonds is 6. The predicted octanol–water partition coefficient (Wildman–Crippen LogP) is 2.28. The molecule has 0 aromatic carbocycles. The summed E-state index contributed by atoms with van der Waals surface area (Å²) in [7, 11) is 0. The number of nitrogens with zero attached hydrogens (tertiary/aromatic N) is 5. The van der Waals surface area contributed by atoms with Gasteiger partial charge < -0.3 is 9.42 Å². The molecule has 0 spiro atoms. The third-order valence-corrected chi connectivity index (χ3v) is 2.86. The van der Waals surface area contributed by atoms with Gasteiger partial charge >= 0.3 is 11.8 Å². The van der Waals surface area contributed by atoms with Gasteiger partial charge in [0.25, 0.3) is 0 Å². The molecule has 0 aliphatic carbocycles. The molecule has 2 aromatic heterocycles. The minimum atomic E-state index is -0.245. The molecule has 0 fully saturated rings. The molecule has 7 heteroatoms. The van der Waals surface area contributed by atoms with Crippen molar-refractivity contribution in [2.24, 2.45) is 11.8 Å². The molecule has 0 radical (unpaired) electrons. The molecule has 2 rings (SSSR count). The second-order valence-corrected chi connectivity index (χ2v) is 6.01. The van der Waals surface area contributed by atoms with Crippen molar-refractivity contribution < 1.29 is 9.32 Å². The Morgan fingerprint density at radius 2 is 1.86 bits per heavy atom. The summed E-state index contributed by atoms with van der Waals surface area (Å²) in [5, 5.41) is 3.81. The number of hydrogen-bond donors (Lipinski definition) is 0. The Morgan fingerprint density at radius 3 is 2.41 bits per heavy atom. The van der Waals surface area contributed by atoms with Gasteiger partial charge in [-0.15, -0.1) is 0 Å². The number of carbonyl (C=O) groups is 1. The van der Waals surface area contributed by atoms with E-state index in [0.717, 1.165) is 0 Å². The van der Waals surface area contributed by atoms with Gasteiger partial charge in [-0.05, 0) is 11.8 Å². The largest absolute Gasteiger partial charge is 0.334 e. The van der Waals surface area contributed by atoms with E-state index in [-0.39, 0.29) is 17.6 Å². The minimum Gasteiger partial charge on any atom is -0.334 e. The summed E-state index contributed by atoms with van der Waals surface area (Å²) >= 11 is 0. The molecule has 118 valence electrons. The van der Waals surface area contributed by atoms with E-state index in [4.69, 9.17) is 4.52 Å². The highest BCUT2D eigenvalue weighted by molar-refractivity contribution is 5.89. The van der Waals surface area contributed by atoms with Gasteiger partial charge in [0.2, 0.25) is 5.82 Å². The summed E-state index contributed by atoms with van der Waals surface area (Å²) in [6, 6.07) is 0. The van der Waals surface area contributed by atoms with Crippen molar-refractivity contribution >= 4 is 5.91 Å². The zero-order valence-corrected chi connectivity index (χ0v) is 13.4. The number of carbonyl (C=O) groups excluding carboxylic acids is 1. The van der Waals surface area contributed by atoms with Crippen molar-refractivity contribution in [1.29, 1.82) is 0 Å². The summed E-state index contributed by atoms with van der Waals surface area (Å²) in [5.41, 5.74) is 0.476. The van der Waals surface area contributed by atoms with Gasteiger partial charge in [-0.25, -0.2) is 4.98 Å². The fourth-order valence-corrected chi connectivity index (χ4v) is 2.09. The van der Waals surface area contributed by atoms with Crippen LogP contribution < -0.4 is 0 Å².